The summed E-state index contributed by atoms with van der Waals surface area (Å²) in [4.78, 5) is 0. The van der Waals surface area contributed by atoms with Gasteiger partial charge in [-0.1, -0.05) is 65.8 Å². The van der Waals surface area contributed by atoms with Gasteiger partial charge in [0.2, 0.25) is 0 Å². The van der Waals surface area contributed by atoms with E-state index in [-0.39, 0.29) is 0 Å². The molecule has 0 radical (unpaired) electrons. The molecule has 0 saturated carbocycles. The second-order valence-electron chi connectivity index (χ2n) is 8.71. The summed E-state index contributed by atoms with van der Waals surface area (Å²) in [6.45, 7) is 16.9. The van der Waals surface area contributed by atoms with Crippen molar-refractivity contribution in [3.05, 3.63) is 57.6 Å². The predicted octanol–water partition coefficient (Wildman–Crippen LogP) is 7.07. The fourth-order valence-electron chi connectivity index (χ4n) is 3.75. The lowest BCUT2D eigenvalue weighted by Gasteiger charge is -2.31. The number of rotatable bonds is 6. The molecule has 2 aromatic rings. The summed E-state index contributed by atoms with van der Waals surface area (Å²) in [5.74, 6) is 1.53. The highest BCUT2D eigenvalue weighted by Gasteiger charge is 2.31. The monoisotopic (exact) mass is 368 g/mol. The molecule has 0 heterocycles. The first-order valence-corrected chi connectivity index (χ1v) is 10.2. The SMILES string of the molecule is CCC(C)c1cc(C)c(O)c(C(C)(C)c2cc(C(C)CC)cc(C)c2O)c1. The smallest absolute Gasteiger partial charge is 0.122 e. The molecule has 0 aromatic heterocycles. The zero-order valence-electron chi connectivity index (χ0n) is 18.3. The van der Waals surface area contributed by atoms with Crippen molar-refractivity contribution in [3.63, 3.8) is 0 Å². The van der Waals surface area contributed by atoms with E-state index in [1.165, 1.54) is 11.1 Å². The second-order valence-corrected chi connectivity index (χ2v) is 8.71. The highest BCUT2D eigenvalue weighted by molar-refractivity contribution is 5.56. The van der Waals surface area contributed by atoms with Gasteiger partial charge in [-0.2, -0.15) is 0 Å². The minimum Gasteiger partial charge on any atom is -0.507 e. The van der Waals surface area contributed by atoms with E-state index in [2.05, 4.69) is 65.8 Å². The Morgan fingerprint density at radius 2 is 1.07 bits per heavy atom. The predicted molar refractivity (Wildman–Crippen MR) is 115 cm³/mol. The molecule has 0 saturated heterocycles. The molecule has 2 atom stereocenters. The molecule has 0 amide bonds. The number of hydrogen-bond donors (Lipinski definition) is 2. The van der Waals surface area contributed by atoms with Gasteiger partial charge in [-0.05, 0) is 60.8 Å². The van der Waals surface area contributed by atoms with Crippen molar-refractivity contribution in [2.75, 3.05) is 0 Å². The van der Waals surface area contributed by atoms with Gasteiger partial charge in [-0.15, -0.1) is 0 Å². The lowest BCUT2D eigenvalue weighted by Crippen LogP contribution is -2.21. The van der Waals surface area contributed by atoms with Crippen LogP contribution in [0.4, 0.5) is 0 Å². The summed E-state index contributed by atoms with van der Waals surface area (Å²) in [5, 5.41) is 21.8. The third-order valence-electron chi connectivity index (χ3n) is 6.36. The van der Waals surface area contributed by atoms with Crippen LogP contribution in [0.15, 0.2) is 24.3 Å². The molecule has 27 heavy (non-hydrogen) atoms. The van der Waals surface area contributed by atoms with Gasteiger partial charge >= 0.3 is 0 Å². The molecule has 2 aromatic carbocycles. The van der Waals surface area contributed by atoms with Crippen molar-refractivity contribution in [1.82, 2.24) is 0 Å². The van der Waals surface area contributed by atoms with Crippen LogP contribution in [-0.2, 0) is 5.41 Å². The van der Waals surface area contributed by atoms with Crippen molar-refractivity contribution in [3.8, 4) is 11.5 Å². The van der Waals surface area contributed by atoms with Gasteiger partial charge in [-0.3, -0.25) is 0 Å². The molecular weight excluding hydrogens is 332 g/mol. The lowest BCUT2D eigenvalue weighted by atomic mass is 9.74. The average Bonchev–Trinajstić information content (AvgIpc) is 2.63. The van der Waals surface area contributed by atoms with Gasteiger partial charge in [0.1, 0.15) is 11.5 Å². The zero-order valence-corrected chi connectivity index (χ0v) is 18.3. The summed E-state index contributed by atoms with van der Waals surface area (Å²) >= 11 is 0. The highest BCUT2D eigenvalue weighted by Crippen LogP contribution is 2.45. The van der Waals surface area contributed by atoms with E-state index >= 15 is 0 Å². The Hall–Kier alpha value is -1.96. The number of phenolic OH excluding ortho intramolecular Hbond substituents is 2. The Balaban J connectivity index is 2.72. The molecule has 2 unspecified atom stereocenters. The van der Waals surface area contributed by atoms with Crippen LogP contribution in [0.2, 0.25) is 0 Å². The van der Waals surface area contributed by atoms with Gasteiger partial charge in [0.05, 0.1) is 0 Å². The van der Waals surface area contributed by atoms with Crippen molar-refractivity contribution < 1.29 is 10.2 Å². The minimum atomic E-state index is -0.503. The molecule has 0 bridgehead atoms. The van der Waals surface area contributed by atoms with Crippen LogP contribution in [0.1, 0.15) is 99.6 Å². The molecule has 0 aliphatic rings. The maximum atomic E-state index is 10.9. The van der Waals surface area contributed by atoms with Crippen LogP contribution in [0.3, 0.4) is 0 Å². The molecule has 0 aliphatic heterocycles. The topological polar surface area (TPSA) is 40.5 Å². The first-order chi connectivity index (χ1) is 12.5. The van der Waals surface area contributed by atoms with Crippen LogP contribution in [0.5, 0.6) is 11.5 Å². The molecule has 2 heteroatoms. The maximum absolute atomic E-state index is 10.9. The van der Waals surface area contributed by atoms with Crippen LogP contribution >= 0.6 is 0 Å². The van der Waals surface area contributed by atoms with Gasteiger partial charge in [0.25, 0.3) is 0 Å². The van der Waals surface area contributed by atoms with Gasteiger partial charge in [0, 0.05) is 16.5 Å². The fourth-order valence-corrected chi connectivity index (χ4v) is 3.75. The van der Waals surface area contributed by atoms with E-state index < -0.39 is 5.41 Å². The zero-order chi connectivity index (χ0) is 20.5. The van der Waals surface area contributed by atoms with E-state index in [1.54, 1.807) is 0 Å². The lowest BCUT2D eigenvalue weighted by molar-refractivity contribution is 0.430. The number of aromatic hydroxyl groups is 2. The van der Waals surface area contributed by atoms with E-state index in [9.17, 15) is 10.2 Å². The number of hydrogen-bond acceptors (Lipinski definition) is 2. The summed E-state index contributed by atoms with van der Waals surface area (Å²) in [5.41, 5.74) is 5.53. The summed E-state index contributed by atoms with van der Waals surface area (Å²) in [6, 6.07) is 8.43. The van der Waals surface area contributed by atoms with Crippen molar-refractivity contribution >= 4 is 0 Å². The normalized spacial score (nSPS) is 14.2. The molecule has 0 fully saturated rings. The van der Waals surface area contributed by atoms with Crippen LogP contribution in [-0.4, -0.2) is 10.2 Å². The van der Waals surface area contributed by atoms with E-state index in [4.69, 9.17) is 0 Å². The number of aryl methyl sites for hydroxylation is 2. The summed E-state index contributed by atoms with van der Waals surface area (Å²) in [7, 11) is 0. The third-order valence-corrected chi connectivity index (χ3v) is 6.36. The Morgan fingerprint density at radius 1 is 0.741 bits per heavy atom. The van der Waals surface area contributed by atoms with Crippen LogP contribution in [0.25, 0.3) is 0 Å². The van der Waals surface area contributed by atoms with E-state index in [1.807, 2.05) is 13.8 Å². The molecule has 0 aliphatic carbocycles. The average molecular weight is 369 g/mol. The summed E-state index contributed by atoms with van der Waals surface area (Å²) in [6.07, 6.45) is 2.11. The Labute approximate surface area is 165 Å². The Bertz CT molecular complexity index is 750. The van der Waals surface area contributed by atoms with E-state index in [0.717, 1.165) is 35.1 Å². The highest BCUT2D eigenvalue weighted by atomic mass is 16.3. The van der Waals surface area contributed by atoms with Crippen LogP contribution in [0, 0.1) is 13.8 Å². The molecular formula is C25H36O2. The second kappa shape index (κ2) is 7.96. The Kier molecular flexibility index (Phi) is 6.29. The quantitative estimate of drug-likeness (QED) is 0.572. The van der Waals surface area contributed by atoms with Crippen molar-refractivity contribution in [1.29, 1.82) is 0 Å². The first kappa shape index (κ1) is 21.3. The molecule has 148 valence electrons. The fraction of sp³-hybridized carbons (Fsp3) is 0.520. The van der Waals surface area contributed by atoms with Gasteiger partial charge < -0.3 is 10.2 Å². The molecule has 2 N–H and O–H groups in total. The minimum absolute atomic E-state index is 0.332. The standard InChI is InChI=1S/C25H36O2/c1-9-15(3)19-11-17(5)23(26)21(13-19)25(7,8)22-14-20(16(4)10-2)12-18(6)24(22)27/h11-16,26-27H,9-10H2,1-8H3. The third kappa shape index (κ3) is 4.00. The largest absolute Gasteiger partial charge is 0.507 e. The first-order valence-electron chi connectivity index (χ1n) is 10.2. The van der Waals surface area contributed by atoms with Crippen molar-refractivity contribution in [2.24, 2.45) is 0 Å². The van der Waals surface area contributed by atoms with Crippen LogP contribution < -0.4 is 0 Å². The van der Waals surface area contributed by atoms with Crippen molar-refractivity contribution in [2.45, 2.75) is 85.5 Å². The molecule has 2 nitrogen and oxygen atoms in total. The molecule has 2 rings (SSSR count). The van der Waals surface area contributed by atoms with Gasteiger partial charge in [0.15, 0.2) is 0 Å². The maximum Gasteiger partial charge on any atom is 0.122 e. The Morgan fingerprint density at radius 3 is 1.37 bits per heavy atom. The number of benzene rings is 2. The van der Waals surface area contributed by atoms with E-state index in [0.29, 0.717) is 23.3 Å². The van der Waals surface area contributed by atoms with Gasteiger partial charge in [-0.25, -0.2) is 0 Å². The summed E-state index contributed by atoms with van der Waals surface area (Å²) < 4.78 is 0. The molecule has 0 spiro atoms. The number of phenols is 2.